The Bertz CT molecular complexity index is 1090. The molecule has 3 aromatic rings. The molecule has 3 rings (SSSR count). The van der Waals surface area contributed by atoms with Crippen molar-refractivity contribution >= 4 is 17.3 Å². The minimum Gasteiger partial charge on any atom is -0.493 e. The molecule has 0 bridgehead atoms. The summed E-state index contributed by atoms with van der Waals surface area (Å²) in [6.45, 7) is 4.16. The first kappa shape index (κ1) is 20.8. The number of aromatic nitrogens is 2. The third-order valence-corrected chi connectivity index (χ3v) is 4.74. The molecule has 1 aromatic heterocycles. The highest BCUT2D eigenvalue weighted by molar-refractivity contribution is 6.05. The van der Waals surface area contributed by atoms with Gasteiger partial charge in [-0.05, 0) is 43.7 Å². The van der Waals surface area contributed by atoms with E-state index in [4.69, 9.17) is 9.47 Å². The van der Waals surface area contributed by atoms with Crippen LogP contribution in [0.15, 0.2) is 42.5 Å². The number of non-ortho nitro benzene ring substituents is 1. The molecule has 0 spiro atoms. The molecule has 156 valence electrons. The summed E-state index contributed by atoms with van der Waals surface area (Å²) < 4.78 is 12.4. The summed E-state index contributed by atoms with van der Waals surface area (Å²) in [5.41, 5.74) is 3.29. The van der Waals surface area contributed by atoms with Gasteiger partial charge in [-0.25, -0.2) is 0 Å². The monoisotopic (exact) mass is 410 g/mol. The summed E-state index contributed by atoms with van der Waals surface area (Å²) in [6, 6.07) is 11.1. The zero-order valence-electron chi connectivity index (χ0n) is 17.1. The third-order valence-electron chi connectivity index (χ3n) is 4.74. The molecule has 0 aliphatic rings. The maximum Gasteiger partial charge on any atom is 0.269 e. The topological polar surface area (TPSA) is 109 Å². The van der Waals surface area contributed by atoms with Gasteiger partial charge in [0.15, 0.2) is 11.5 Å². The first-order chi connectivity index (χ1) is 14.3. The van der Waals surface area contributed by atoms with Crippen LogP contribution in [0.5, 0.6) is 11.5 Å². The van der Waals surface area contributed by atoms with Gasteiger partial charge in [0.25, 0.3) is 11.6 Å². The van der Waals surface area contributed by atoms with Gasteiger partial charge < -0.3 is 14.8 Å². The number of ether oxygens (including phenoxy) is 2. The molecule has 9 nitrogen and oxygen atoms in total. The Morgan fingerprint density at radius 1 is 1.10 bits per heavy atom. The molecular formula is C21H22N4O5. The SMILES string of the molecule is COc1ccc(Cn2nc(C)c(NC(=O)c3ccc([N+](=O)[O-])cc3)c2C)cc1OC. The molecule has 9 heteroatoms. The lowest BCUT2D eigenvalue weighted by Crippen LogP contribution is -2.13. The zero-order valence-corrected chi connectivity index (χ0v) is 17.1. The number of aryl methyl sites for hydroxylation is 1. The van der Waals surface area contributed by atoms with Crippen LogP contribution in [-0.2, 0) is 6.54 Å². The first-order valence-corrected chi connectivity index (χ1v) is 9.14. The van der Waals surface area contributed by atoms with Gasteiger partial charge in [0, 0.05) is 17.7 Å². The number of anilines is 1. The van der Waals surface area contributed by atoms with E-state index >= 15 is 0 Å². The van der Waals surface area contributed by atoms with Crippen molar-refractivity contribution in [3.05, 3.63) is 75.1 Å². The second-order valence-corrected chi connectivity index (χ2v) is 6.65. The van der Waals surface area contributed by atoms with Gasteiger partial charge >= 0.3 is 0 Å². The highest BCUT2D eigenvalue weighted by Crippen LogP contribution is 2.29. The van der Waals surface area contributed by atoms with Gasteiger partial charge in [-0.3, -0.25) is 19.6 Å². The Morgan fingerprint density at radius 3 is 2.37 bits per heavy atom. The molecule has 0 aliphatic heterocycles. The average molecular weight is 410 g/mol. The van der Waals surface area contributed by atoms with E-state index in [0.717, 1.165) is 11.3 Å². The van der Waals surface area contributed by atoms with E-state index in [2.05, 4.69) is 10.4 Å². The van der Waals surface area contributed by atoms with Gasteiger partial charge in [-0.15, -0.1) is 0 Å². The largest absolute Gasteiger partial charge is 0.493 e. The molecule has 1 heterocycles. The van der Waals surface area contributed by atoms with Crippen molar-refractivity contribution in [1.29, 1.82) is 0 Å². The molecule has 0 saturated carbocycles. The number of carbonyl (C=O) groups excluding carboxylic acids is 1. The third kappa shape index (κ3) is 4.24. The lowest BCUT2D eigenvalue weighted by atomic mass is 10.2. The fraction of sp³-hybridized carbons (Fsp3) is 0.238. The highest BCUT2D eigenvalue weighted by atomic mass is 16.6. The predicted octanol–water partition coefficient (Wildman–Crippen LogP) is 3.73. The van der Waals surface area contributed by atoms with Gasteiger partial charge in [-0.1, -0.05) is 6.07 Å². The van der Waals surface area contributed by atoms with Gasteiger partial charge in [0.2, 0.25) is 0 Å². The summed E-state index contributed by atoms with van der Waals surface area (Å²) >= 11 is 0. The summed E-state index contributed by atoms with van der Waals surface area (Å²) in [4.78, 5) is 22.8. The van der Waals surface area contributed by atoms with Crippen LogP contribution in [0.4, 0.5) is 11.4 Å². The van der Waals surface area contributed by atoms with Crippen molar-refractivity contribution in [1.82, 2.24) is 9.78 Å². The van der Waals surface area contributed by atoms with Crippen LogP contribution in [-0.4, -0.2) is 34.8 Å². The second-order valence-electron chi connectivity index (χ2n) is 6.65. The van der Waals surface area contributed by atoms with E-state index in [0.29, 0.717) is 35.0 Å². The summed E-state index contributed by atoms with van der Waals surface area (Å²) in [5, 5.41) is 18.2. The first-order valence-electron chi connectivity index (χ1n) is 9.14. The minimum absolute atomic E-state index is 0.0679. The maximum atomic E-state index is 12.6. The smallest absolute Gasteiger partial charge is 0.269 e. The van der Waals surface area contributed by atoms with E-state index in [1.807, 2.05) is 32.0 Å². The van der Waals surface area contributed by atoms with Crippen molar-refractivity contribution in [2.75, 3.05) is 19.5 Å². The van der Waals surface area contributed by atoms with Crippen LogP contribution in [0.1, 0.15) is 27.3 Å². The fourth-order valence-electron chi connectivity index (χ4n) is 3.10. The van der Waals surface area contributed by atoms with Crippen molar-refractivity contribution in [3.63, 3.8) is 0 Å². The van der Waals surface area contributed by atoms with E-state index < -0.39 is 4.92 Å². The molecule has 0 unspecified atom stereocenters. The molecule has 2 aromatic carbocycles. The number of nitrogens with one attached hydrogen (secondary N) is 1. The van der Waals surface area contributed by atoms with Crippen LogP contribution in [0.2, 0.25) is 0 Å². The van der Waals surface area contributed by atoms with Crippen LogP contribution in [0.3, 0.4) is 0 Å². The fourth-order valence-corrected chi connectivity index (χ4v) is 3.10. The highest BCUT2D eigenvalue weighted by Gasteiger charge is 2.17. The Balaban J connectivity index is 1.80. The Morgan fingerprint density at radius 2 is 1.77 bits per heavy atom. The Labute approximate surface area is 173 Å². The maximum absolute atomic E-state index is 12.6. The number of hydrogen-bond donors (Lipinski definition) is 1. The number of amides is 1. The molecule has 1 N–H and O–H groups in total. The molecule has 1 amide bonds. The second kappa shape index (κ2) is 8.64. The standard InChI is InChI=1S/C21H22N4O5/c1-13-20(22-21(26)16-6-8-17(9-7-16)25(27)28)14(2)24(23-13)12-15-5-10-18(29-3)19(11-15)30-4/h5-11H,12H2,1-4H3,(H,22,26). The van der Waals surface area contributed by atoms with Crippen LogP contribution >= 0.6 is 0 Å². The number of nitro groups is 1. The van der Waals surface area contributed by atoms with E-state index in [9.17, 15) is 14.9 Å². The van der Waals surface area contributed by atoms with Crippen LogP contribution < -0.4 is 14.8 Å². The van der Waals surface area contributed by atoms with Gasteiger partial charge in [0.1, 0.15) is 0 Å². The number of rotatable bonds is 7. The van der Waals surface area contributed by atoms with E-state index in [1.54, 1.807) is 18.9 Å². The van der Waals surface area contributed by atoms with Crippen molar-refractivity contribution in [2.45, 2.75) is 20.4 Å². The molecule has 30 heavy (non-hydrogen) atoms. The number of methoxy groups -OCH3 is 2. The van der Waals surface area contributed by atoms with E-state index in [-0.39, 0.29) is 11.6 Å². The van der Waals surface area contributed by atoms with Crippen molar-refractivity contribution < 1.29 is 19.2 Å². The van der Waals surface area contributed by atoms with Gasteiger partial charge in [-0.2, -0.15) is 5.10 Å². The van der Waals surface area contributed by atoms with Crippen molar-refractivity contribution in [2.24, 2.45) is 0 Å². The Kier molecular flexibility index (Phi) is 6.01. The minimum atomic E-state index is -0.506. The molecule has 0 aliphatic carbocycles. The quantitative estimate of drug-likeness (QED) is 0.470. The lowest BCUT2D eigenvalue weighted by Gasteiger charge is -2.11. The predicted molar refractivity (Wildman–Crippen MR) is 111 cm³/mol. The normalized spacial score (nSPS) is 10.5. The number of nitrogens with zero attached hydrogens (tertiary/aromatic N) is 3. The molecular weight excluding hydrogens is 388 g/mol. The number of nitro benzene ring substituents is 1. The molecule has 0 saturated heterocycles. The Hall–Kier alpha value is -3.88. The van der Waals surface area contributed by atoms with Crippen molar-refractivity contribution in [3.8, 4) is 11.5 Å². The number of hydrogen-bond acceptors (Lipinski definition) is 6. The van der Waals surface area contributed by atoms with E-state index in [1.165, 1.54) is 24.3 Å². The van der Waals surface area contributed by atoms with Crippen LogP contribution in [0, 0.1) is 24.0 Å². The molecule has 0 radical (unpaired) electrons. The summed E-state index contributed by atoms with van der Waals surface area (Å²) in [6.07, 6.45) is 0. The summed E-state index contributed by atoms with van der Waals surface area (Å²) in [5.74, 6) is 0.913. The average Bonchev–Trinajstić information content (AvgIpc) is 3.00. The lowest BCUT2D eigenvalue weighted by molar-refractivity contribution is -0.384. The van der Waals surface area contributed by atoms with Crippen LogP contribution in [0.25, 0.3) is 0 Å². The molecule has 0 atom stereocenters. The number of benzene rings is 2. The molecule has 0 fully saturated rings. The van der Waals surface area contributed by atoms with Gasteiger partial charge in [0.05, 0.1) is 42.8 Å². The zero-order chi connectivity index (χ0) is 21.8. The number of carbonyl (C=O) groups is 1. The summed E-state index contributed by atoms with van der Waals surface area (Å²) in [7, 11) is 3.16.